The van der Waals surface area contributed by atoms with Crippen LogP contribution in [0, 0.1) is 5.82 Å². The zero-order valence-electron chi connectivity index (χ0n) is 13.9. The molecule has 1 saturated heterocycles. The largest absolute Gasteiger partial charge is 0.325 e. The fourth-order valence-electron chi connectivity index (χ4n) is 2.96. The van der Waals surface area contributed by atoms with Gasteiger partial charge in [0, 0.05) is 16.7 Å². The predicted octanol–water partition coefficient (Wildman–Crippen LogP) is 3.77. The van der Waals surface area contributed by atoms with Gasteiger partial charge in [0.25, 0.3) is 0 Å². The molecule has 0 spiro atoms. The summed E-state index contributed by atoms with van der Waals surface area (Å²) >= 11 is 3.29. The van der Waals surface area contributed by atoms with E-state index in [4.69, 9.17) is 0 Å². The van der Waals surface area contributed by atoms with Gasteiger partial charge in [-0.05, 0) is 61.4 Å². The SMILES string of the molecule is O=C(Nc1ccc(F)cc1)[C@@H]1CCCCN1S(=O)(=O)c1ccc(Br)cc1. The summed E-state index contributed by atoms with van der Waals surface area (Å²) in [6.45, 7) is 0.292. The van der Waals surface area contributed by atoms with Gasteiger partial charge in [-0.3, -0.25) is 4.79 Å². The van der Waals surface area contributed by atoms with Crippen LogP contribution in [0.25, 0.3) is 0 Å². The van der Waals surface area contributed by atoms with Crippen LogP contribution in [0.3, 0.4) is 0 Å². The van der Waals surface area contributed by atoms with Gasteiger partial charge in [0.05, 0.1) is 4.90 Å². The number of benzene rings is 2. The van der Waals surface area contributed by atoms with Gasteiger partial charge in [-0.1, -0.05) is 22.4 Å². The maximum absolute atomic E-state index is 13.0. The summed E-state index contributed by atoms with van der Waals surface area (Å²) in [5, 5.41) is 2.68. The predicted molar refractivity (Wildman–Crippen MR) is 101 cm³/mol. The lowest BCUT2D eigenvalue weighted by Gasteiger charge is -2.33. The highest BCUT2D eigenvalue weighted by molar-refractivity contribution is 9.10. The summed E-state index contributed by atoms with van der Waals surface area (Å²) in [5.41, 5.74) is 0.433. The number of hydrogen-bond donors (Lipinski definition) is 1. The lowest BCUT2D eigenvalue weighted by Crippen LogP contribution is -2.49. The summed E-state index contributed by atoms with van der Waals surface area (Å²) in [6, 6.07) is 10.9. The Morgan fingerprint density at radius 2 is 1.73 bits per heavy atom. The summed E-state index contributed by atoms with van der Waals surface area (Å²) in [7, 11) is -3.78. The van der Waals surface area contributed by atoms with Crippen LogP contribution in [0.4, 0.5) is 10.1 Å². The molecular formula is C18H18BrFN2O3S. The van der Waals surface area contributed by atoms with E-state index in [1.54, 1.807) is 12.1 Å². The maximum atomic E-state index is 13.0. The number of halogens is 2. The van der Waals surface area contributed by atoms with Crippen LogP contribution in [-0.4, -0.2) is 31.2 Å². The summed E-state index contributed by atoms with van der Waals surface area (Å²) in [6.07, 6.45) is 1.92. The minimum Gasteiger partial charge on any atom is -0.325 e. The van der Waals surface area contributed by atoms with Crippen molar-refractivity contribution in [1.29, 1.82) is 0 Å². The molecule has 0 aliphatic carbocycles. The smallest absolute Gasteiger partial charge is 0.243 e. The van der Waals surface area contributed by atoms with E-state index in [2.05, 4.69) is 21.2 Å². The monoisotopic (exact) mass is 440 g/mol. The molecule has 1 atom stereocenters. The van der Waals surface area contributed by atoms with Gasteiger partial charge in [-0.2, -0.15) is 4.31 Å². The van der Waals surface area contributed by atoms with Crippen molar-refractivity contribution in [3.05, 3.63) is 58.8 Å². The number of anilines is 1. The average molecular weight is 441 g/mol. The van der Waals surface area contributed by atoms with Gasteiger partial charge in [0.1, 0.15) is 11.9 Å². The fourth-order valence-corrected chi connectivity index (χ4v) is 4.88. The standard InChI is InChI=1S/C18H18BrFN2O3S/c19-13-4-10-16(11-5-13)26(24,25)22-12-2-1-3-17(22)18(23)21-15-8-6-14(20)7-9-15/h4-11,17H,1-3,12H2,(H,21,23)/t17-/m0/s1. The number of rotatable bonds is 4. The van der Waals surface area contributed by atoms with E-state index in [1.807, 2.05) is 0 Å². The molecule has 2 aromatic carbocycles. The summed E-state index contributed by atoms with van der Waals surface area (Å²) < 4.78 is 41.0. The van der Waals surface area contributed by atoms with Gasteiger partial charge in [-0.25, -0.2) is 12.8 Å². The second-order valence-corrected chi connectivity index (χ2v) is 8.88. The van der Waals surface area contributed by atoms with Crippen LogP contribution >= 0.6 is 15.9 Å². The first-order valence-corrected chi connectivity index (χ1v) is 10.4. The molecular weight excluding hydrogens is 423 g/mol. The second-order valence-electron chi connectivity index (χ2n) is 6.08. The Labute approximate surface area is 160 Å². The number of nitrogens with one attached hydrogen (secondary N) is 1. The topological polar surface area (TPSA) is 66.5 Å². The van der Waals surface area contributed by atoms with Crippen LogP contribution in [0.1, 0.15) is 19.3 Å². The Balaban J connectivity index is 1.83. The Bertz CT molecular complexity index is 886. The molecule has 3 rings (SSSR count). The Kier molecular flexibility index (Phi) is 5.74. The van der Waals surface area contributed by atoms with Crippen molar-refractivity contribution in [3.8, 4) is 0 Å². The third-order valence-electron chi connectivity index (χ3n) is 4.29. The number of amides is 1. The lowest BCUT2D eigenvalue weighted by atomic mass is 10.0. The van der Waals surface area contributed by atoms with Gasteiger partial charge in [-0.15, -0.1) is 0 Å². The molecule has 0 saturated carbocycles. The van der Waals surface area contributed by atoms with Crippen molar-refractivity contribution in [2.45, 2.75) is 30.2 Å². The van der Waals surface area contributed by atoms with Crippen molar-refractivity contribution in [2.24, 2.45) is 0 Å². The van der Waals surface area contributed by atoms with Crippen molar-refractivity contribution in [3.63, 3.8) is 0 Å². The second kappa shape index (κ2) is 7.85. The van der Waals surface area contributed by atoms with E-state index in [0.29, 0.717) is 25.1 Å². The third-order valence-corrected chi connectivity index (χ3v) is 6.74. The number of nitrogens with zero attached hydrogens (tertiary/aromatic N) is 1. The van der Waals surface area contributed by atoms with Crippen LogP contribution in [0.2, 0.25) is 0 Å². The normalized spacial score (nSPS) is 18.5. The molecule has 1 fully saturated rings. The Morgan fingerprint density at radius 1 is 1.08 bits per heavy atom. The molecule has 5 nitrogen and oxygen atoms in total. The zero-order chi connectivity index (χ0) is 18.7. The van der Waals surface area contributed by atoms with Gasteiger partial charge in [0.15, 0.2) is 0 Å². The number of piperidine rings is 1. The van der Waals surface area contributed by atoms with Gasteiger partial charge in [0.2, 0.25) is 15.9 Å². The van der Waals surface area contributed by atoms with E-state index in [1.165, 1.54) is 40.7 Å². The molecule has 1 amide bonds. The quantitative estimate of drug-likeness (QED) is 0.786. The van der Waals surface area contributed by atoms with Crippen molar-refractivity contribution < 1.29 is 17.6 Å². The van der Waals surface area contributed by atoms with Crippen molar-refractivity contribution in [2.75, 3.05) is 11.9 Å². The molecule has 1 heterocycles. The molecule has 2 aromatic rings. The van der Waals surface area contributed by atoms with Crippen LogP contribution in [0.15, 0.2) is 57.9 Å². The van der Waals surface area contributed by atoms with Gasteiger partial charge >= 0.3 is 0 Å². The summed E-state index contributed by atoms with van der Waals surface area (Å²) in [5.74, 6) is -0.808. The number of carbonyl (C=O) groups is 1. The fraction of sp³-hybridized carbons (Fsp3) is 0.278. The number of carbonyl (C=O) groups excluding carboxylic acids is 1. The van der Waals surface area contributed by atoms with Crippen LogP contribution in [0.5, 0.6) is 0 Å². The first-order valence-electron chi connectivity index (χ1n) is 8.22. The minimum absolute atomic E-state index is 0.155. The zero-order valence-corrected chi connectivity index (χ0v) is 16.3. The molecule has 0 aromatic heterocycles. The molecule has 8 heteroatoms. The van der Waals surface area contributed by atoms with Crippen LogP contribution in [-0.2, 0) is 14.8 Å². The maximum Gasteiger partial charge on any atom is 0.243 e. The highest BCUT2D eigenvalue weighted by atomic mass is 79.9. The average Bonchev–Trinajstić information content (AvgIpc) is 2.64. The highest BCUT2D eigenvalue weighted by Gasteiger charge is 2.37. The molecule has 1 aliphatic heterocycles. The van der Waals surface area contributed by atoms with E-state index in [-0.39, 0.29) is 4.90 Å². The van der Waals surface area contributed by atoms with Crippen molar-refractivity contribution >= 4 is 37.5 Å². The first kappa shape index (κ1) is 19.0. The van der Waals surface area contributed by atoms with E-state index in [0.717, 1.165) is 10.9 Å². The first-order chi connectivity index (χ1) is 12.4. The number of sulfonamides is 1. The minimum atomic E-state index is -3.78. The molecule has 0 unspecified atom stereocenters. The molecule has 1 N–H and O–H groups in total. The highest BCUT2D eigenvalue weighted by Crippen LogP contribution is 2.27. The molecule has 1 aliphatic rings. The third kappa shape index (κ3) is 4.13. The van der Waals surface area contributed by atoms with Gasteiger partial charge < -0.3 is 5.32 Å². The Hall–Kier alpha value is -1.77. The Morgan fingerprint density at radius 3 is 2.38 bits per heavy atom. The molecule has 138 valence electrons. The molecule has 26 heavy (non-hydrogen) atoms. The summed E-state index contributed by atoms with van der Waals surface area (Å²) in [4.78, 5) is 12.8. The number of hydrogen-bond acceptors (Lipinski definition) is 3. The molecule has 0 bridgehead atoms. The van der Waals surface area contributed by atoms with E-state index >= 15 is 0 Å². The molecule has 0 radical (unpaired) electrons. The van der Waals surface area contributed by atoms with E-state index < -0.39 is 27.8 Å². The van der Waals surface area contributed by atoms with Crippen molar-refractivity contribution in [1.82, 2.24) is 4.31 Å². The lowest BCUT2D eigenvalue weighted by molar-refractivity contribution is -0.120. The van der Waals surface area contributed by atoms with Crippen LogP contribution < -0.4 is 5.32 Å². The van der Waals surface area contributed by atoms with E-state index in [9.17, 15) is 17.6 Å².